The van der Waals surface area contributed by atoms with Crippen LogP contribution < -0.4 is 5.56 Å². The lowest BCUT2D eigenvalue weighted by molar-refractivity contribution is 0.0237. The molecule has 6 nitrogen and oxygen atoms in total. The number of nitrogens with zero attached hydrogens (tertiary/aromatic N) is 3. The zero-order valence-electron chi connectivity index (χ0n) is 13.0. The molecular weight excluding hydrogens is 292 g/mol. The maximum atomic E-state index is 12.2. The summed E-state index contributed by atoms with van der Waals surface area (Å²) in [6.45, 7) is 2.31. The van der Waals surface area contributed by atoms with Crippen LogP contribution in [0.25, 0.3) is 5.65 Å². The largest absolute Gasteiger partial charge is 0.366 e. The normalized spacial score (nSPS) is 17.3. The van der Waals surface area contributed by atoms with Gasteiger partial charge in [0.1, 0.15) is 5.65 Å². The Labute approximate surface area is 133 Å². The zero-order valence-corrected chi connectivity index (χ0v) is 13.0. The molecule has 0 amide bonds. The van der Waals surface area contributed by atoms with E-state index in [2.05, 4.69) is 15.2 Å². The molecule has 0 aromatic carbocycles. The fourth-order valence-electron chi connectivity index (χ4n) is 3.10. The van der Waals surface area contributed by atoms with E-state index in [0.717, 1.165) is 30.5 Å². The number of H-pyrrole nitrogens is 1. The first-order valence-corrected chi connectivity index (χ1v) is 7.83. The molecule has 0 bridgehead atoms. The molecule has 1 aliphatic rings. The molecule has 3 heterocycles. The van der Waals surface area contributed by atoms with Crippen LogP contribution in [0, 0.1) is 6.92 Å². The summed E-state index contributed by atoms with van der Waals surface area (Å²) in [5.41, 5.74) is 4.59. The molecule has 1 aliphatic carbocycles. The second-order valence-electron chi connectivity index (χ2n) is 6.02. The van der Waals surface area contributed by atoms with Crippen molar-refractivity contribution in [3.63, 3.8) is 0 Å². The number of ether oxygens (including phenoxy) is 1. The lowest BCUT2D eigenvalue weighted by atomic mass is 9.96. The summed E-state index contributed by atoms with van der Waals surface area (Å²) < 4.78 is 7.55. The minimum absolute atomic E-state index is 0.000915. The van der Waals surface area contributed by atoms with Gasteiger partial charge in [0.25, 0.3) is 5.56 Å². The number of aryl methyl sites for hydroxylation is 2. The summed E-state index contributed by atoms with van der Waals surface area (Å²) in [6, 6.07) is 5.34. The van der Waals surface area contributed by atoms with Crippen molar-refractivity contribution in [3.05, 3.63) is 63.5 Å². The van der Waals surface area contributed by atoms with Crippen LogP contribution in [0.5, 0.6) is 0 Å². The van der Waals surface area contributed by atoms with Gasteiger partial charge in [-0.3, -0.25) is 14.3 Å². The number of nitrogens with one attached hydrogen (secondary N) is 1. The van der Waals surface area contributed by atoms with E-state index in [4.69, 9.17) is 4.74 Å². The van der Waals surface area contributed by atoms with Crippen LogP contribution in [0.2, 0.25) is 0 Å². The van der Waals surface area contributed by atoms with Crippen molar-refractivity contribution < 1.29 is 4.74 Å². The van der Waals surface area contributed by atoms with Crippen LogP contribution in [0.1, 0.15) is 41.5 Å². The zero-order chi connectivity index (χ0) is 15.8. The summed E-state index contributed by atoms with van der Waals surface area (Å²) in [4.78, 5) is 16.7. The highest BCUT2D eigenvalue weighted by Crippen LogP contribution is 2.31. The number of aromatic nitrogens is 4. The molecule has 4 rings (SSSR count). The van der Waals surface area contributed by atoms with Crippen molar-refractivity contribution in [1.29, 1.82) is 0 Å². The molecule has 0 saturated carbocycles. The molecule has 118 valence electrons. The quantitative estimate of drug-likeness (QED) is 0.806. The number of hydrogen-bond donors (Lipinski definition) is 1. The topological polar surface area (TPSA) is 72.3 Å². The van der Waals surface area contributed by atoms with Crippen molar-refractivity contribution in [2.24, 2.45) is 0 Å². The van der Waals surface area contributed by atoms with Gasteiger partial charge in [-0.1, -0.05) is 0 Å². The van der Waals surface area contributed by atoms with Gasteiger partial charge in [-0.15, -0.1) is 0 Å². The Hall–Kier alpha value is -2.47. The highest BCUT2D eigenvalue weighted by molar-refractivity contribution is 5.41. The number of pyridine rings is 1. The number of fused-ring (bicyclic) bond motifs is 2. The monoisotopic (exact) mass is 310 g/mol. The fraction of sp³-hybridized carbons (Fsp3) is 0.353. The summed E-state index contributed by atoms with van der Waals surface area (Å²) in [5, 5.41) is 7.13. The molecule has 3 aromatic rings. The standard InChI is InChI=1S/C17H18N4O2/c1-11-5-6-21-15(7-11)19-13(8-16(21)22)10-23-14-4-2-3-12-9-18-20-17(12)14/h5-9,14H,2-4,10H2,1H3,(H,18,20). The third-order valence-electron chi connectivity index (χ3n) is 4.29. The van der Waals surface area contributed by atoms with Crippen molar-refractivity contribution in [3.8, 4) is 0 Å². The second-order valence-corrected chi connectivity index (χ2v) is 6.02. The number of rotatable bonds is 3. The first-order valence-electron chi connectivity index (χ1n) is 7.83. The molecule has 0 spiro atoms. The first kappa shape index (κ1) is 14.1. The van der Waals surface area contributed by atoms with E-state index in [1.54, 1.807) is 16.7 Å². The van der Waals surface area contributed by atoms with Gasteiger partial charge >= 0.3 is 0 Å². The van der Waals surface area contributed by atoms with Crippen molar-refractivity contribution >= 4 is 5.65 Å². The van der Waals surface area contributed by atoms with Crippen molar-refractivity contribution in [2.75, 3.05) is 0 Å². The average Bonchev–Trinajstić information content (AvgIpc) is 3.01. The van der Waals surface area contributed by atoms with E-state index in [1.807, 2.05) is 25.3 Å². The molecule has 23 heavy (non-hydrogen) atoms. The number of aromatic amines is 1. The van der Waals surface area contributed by atoms with Gasteiger partial charge in [-0.2, -0.15) is 5.10 Å². The Morgan fingerprint density at radius 2 is 2.35 bits per heavy atom. The van der Waals surface area contributed by atoms with Crippen LogP contribution in [0.3, 0.4) is 0 Å². The maximum absolute atomic E-state index is 12.2. The Morgan fingerprint density at radius 3 is 3.26 bits per heavy atom. The van der Waals surface area contributed by atoms with Gasteiger partial charge in [0.2, 0.25) is 0 Å². The second kappa shape index (κ2) is 5.62. The Kier molecular flexibility index (Phi) is 3.46. The van der Waals surface area contributed by atoms with Gasteiger partial charge in [-0.05, 0) is 49.4 Å². The van der Waals surface area contributed by atoms with Crippen LogP contribution in [0.15, 0.2) is 35.4 Å². The highest BCUT2D eigenvalue weighted by Gasteiger charge is 2.22. The lowest BCUT2D eigenvalue weighted by Gasteiger charge is -2.22. The van der Waals surface area contributed by atoms with Gasteiger partial charge in [0.05, 0.1) is 30.3 Å². The molecule has 0 saturated heterocycles. The third-order valence-corrected chi connectivity index (χ3v) is 4.29. The molecule has 0 radical (unpaired) electrons. The molecule has 6 heteroatoms. The SMILES string of the molecule is Cc1ccn2c(=O)cc(COC3CCCc4cn[nH]c43)nc2c1. The van der Waals surface area contributed by atoms with Crippen LogP contribution >= 0.6 is 0 Å². The Morgan fingerprint density at radius 1 is 1.43 bits per heavy atom. The summed E-state index contributed by atoms with van der Waals surface area (Å²) in [5.74, 6) is 0. The highest BCUT2D eigenvalue weighted by atomic mass is 16.5. The van der Waals surface area contributed by atoms with E-state index in [-0.39, 0.29) is 11.7 Å². The van der Waals surface area contributed by atoms with Gasteiger partial charge < -0.3 is 4.74 Å². The van der Waals surface area contributed by atoms with E-state index >= 15 is 0 Å². The predicted octanol–water partition coefficient (Wildman–Crippen LogP) is 2.32. The molecular formula is C17H18N4O2. The molecule has 0 aliphatic heterocycles. The molecule has 1 N–H and O–H groups in total. The lowest BCUT2D eigenvalue weighted by Crippen LogP contribution is -2.17. The molecule has 1 atom stereocenters. The van der Waals surface area contributed by atoms with Gasteiger partial charge in [0, 0.05) is 12.3 Å². The van der Waals surface area contributed by atoms with E-state index < -0.39 is 0 Å². The van der Waals surface area contributed by atoms with E-state index in [0.29, 0.717) is 17.9 Å². The van der Waals surface area contributed by atoms with E-state index in [9.17, 15) is 4.79 Å². The summed E-state index contributed by atoms with van der Waals surface area (Å²) in [7, 11) is 0. The number of hydrogen-bond acceptors (Lipinski definition) is 4. The van der Waals surface area contributed by atoms with Crippen LogP contribution in [-0.4, -0.2) is 19.6 Å². The van der Waals surface area contributed by atoms with Crippen molar-refractivity contribution in [2.45, 2.75) is 38.9 Å². The summed E-state index contributed by atoms with van der Waals surface area (Å²) in [6.07, 6.45) is 6.71. The Bertz CT molecular complexity index is 912. The smallest absolute Gasteiger partial charge is 0.258 e. The Balaban J connectivity index is 1.58. The molecule has 1 unspecified atom stereocenters. The molecule has 3 aromatic heterocycles. The minimum atomic E-state index is -0.0838. The van der Waals surface area contributed by atoms with Crippen LogP contribution in [0.4, 0.5) is 0 Å². The first-order chi connectivity index (χ1) is 11.2. The third kappa shape index (κ3) is 2.66. The maximum Gasteiger partial charge on any atom is 0.258 e. The van der Waals surface area contributed by atoms with Gasteiger partial charge in [-0.25, -0.2) is 4.98 Å². The minimum Gasteiger partial charge on any atom is -0.366 e. The van der Waals surface area contributed by atoms with E-state index in [1.165, 1.54) is 5.56 Å². The van der Waals surface area contributed by atoms with Crippen LogP contribution in [-0.2, 0) is 17.8 Å². The van der Waals surface area contributed by atoms with Gasteiger partial charge in [0.15, 0.2) is 0 Å². The molecule has 0 fully saturated rings. The predicted molar refractivity (Wildman–Crippen MR) is 85.3 cm³/mol. The fourth-order valence-corrected chi connectivity index (χ4v) is 3.10. The van der Waals surface area contributed by atoms with Crippen molar-refractivity contribution in [1.82, 2.24) is 19.6 Å². The average molecular weight is 310 g/mol. The summed E-state index contributed by atoms with van der Waals surface area (Å²) >= 11 is 0.